The van der Waals surface area contributed by atoms with Gasteiger partial charge in [-0.15, -0.1) is 0 Å². The van der Waals surface area contributed by atoms with Crippen LogP contribution < -0.4 is 0 Å². The molecule has 2 aromatic rings. The van der Waals surface area contributed by atoms with Crippen LogP contribution in [0.2, 0.25) is 0 Å². The molecule has 0 amide bonds. The molecule has 0 unspecified atom stereocenters. The van der Waals surface area contributed by atoms with E-state index in [-0.39, 0.29) is 0 Å². The van der Waals surface area contributed by atoms with Gasteiger partial charge in [0.2, 0.25) is 0 Å². The lowest BCUT2D eigenvalue weighted by Crippen LogP contribution is -2.45. The number of nitrogens with zero attached hydrogens (tertiary/aromatic N) is 4. The Morgan fingerprint density at radius 3 is 1.72 bits per heavy atom. The van der Waals surface area contributed by atoms with Crippen LogP contribution in [0.25, 0.3) is 0 Å². The zero-order chi connectivity index (χ0) is 16.9. The molecule has 4 rings (SSSR count). The second-order valence-corrected chi connectivity index (χ2v) is 7.36. The third-order valence-corrected chi connectivity index (χ3v) is 5.73. The average Bonchev–Trinajstić information content (AvgIpc) is 2.70. The zero-order valence-corrected chi connectivity index (χ0v) is 14.9. The molecule has 2 atom stereocenters. The molecule has 4 heterocycles. The van der Waals surface area contributed by atoms with Gasteiger partial charge >= 0.3 is 0 Å². The Hall–Kier alpha value is -1.78. The molecule has 0 saturated carbocycles. The van der Waals surface area contributed by atoms with Crippen LogP contribution in [0.15, 0.2) is 49.1 Å². The van der Waals surface area contributed by atoms with Crippen molar-refractivity contribution >= 4 is 0 Å². The molecule has 2 aliphatic rings. The van der Waals surface area contributed by atoms with Crippen molar-refractivity contribution in [2.45, 2.75) is 50.6 Å². The quantitative estimate of drug-likeness (QED) is 0.838. The van der Waals surface area contributed by atoms with Gasteiger partial charge in [-0.2, -0.15) is 0 Å². The highest BCUT2D eigenvalue weighted by Crippen LogP contribution is 2.35. The fourth-order valence-electron chi connectivity index (χ4n) is 4.45. The van der Waals surface area contributed by atoms with E-state index >= 15 is 0 Å². The van der Waals surface area contributed by atoms with Crippen LogP contribution in [0, 0.1) is 0 Å². The third-order valence-electron chi connectivity index (χ3n) is 5.73. The van der Waals surface area contributed by atoms with Gasteiger partial charge < -0.3 is 0 Å². The number of aromatic nitrogens is 2. The second kappa shape index (κ2) is 8.07. The number of hydrogen-bond donors (Lipinski definition) is 0. The van der Waals surface area contributed by atoms with Crippen LogP contribution in [-0.4, -0.2) is 39.5 Å². The molecule has 2 saturated heterocycles. The van der Waals surface area contributed by atoms with Crippen molar-refractivity contribution in [2.24, 2.45) is 0 Å². The third kappa shape index (κ3) is 3.91. The van der Waals surface area contributed by atoms with Crippen LogP contribution in [0.4, 0.5) is 0 Å². The summed E-state index contributed by atoms with van der Waals surface area (Å²) in [5, 5.41) is 0. The summed E-state index contributed by atoms with van der Waals surface area (Å²) >= 11 is 0. The fourth-order valence-corrected chi connectivity index (χ4v) is 4.45. The number of pyridine rings is 2. The molecule has 0 aliphatic carbocycles. The molecular formula is C21H28N4. The molecule has 2 aromatic heterocycles. The van der Waals surface area contributed by atoms with E-state index in [0.29, 0.717) is 12.1 Å². The fraction of sp³-hybridized carbons (Fsp3) is 0.524. The molecule has 2 aliphatic heterocycles. The highest BCUT2D eigenvalue weighted by atomic mass is 15.3. The van der Waals surface area contributed by atoms with E-state index in [4.69, 9.17) is 0 Å². The number of hydrogen-bond acceptors (Lipinski definition) is 4. The van der Waals surface area contributed by atoms with E-state index in [0.717, 1.165) is 6.67 Å². The van der Waals surface area contributed by atoms with E-state index in [2.05, 4.69) is 56.4 Å². The monoisotopic (exact) mass is 336 g/mol. The summed E-state index contributed by atoms with van der Waals surface area (Å²) in [6.07, 6.45) is 15.6. The van der Waals surface area contributed by atoms with Gasteiger partial charge in [0.25, 0.3) is 0 Å². The SMILES string of the molecule is c1cncc([C@H]2CCCCN2CN2CCCC[C@@H]2c2cccnc2)c1. The van der Waals surface area contributed by atoms with Crippen molar-refractivity contribution in [3.8, 4) is 0 Å². The van der Waals surface area contributed by atoms with E-state index in [1.54, 1.807) is 0 Å². The Bertz CT molecular complexity index is 588. The highest BCUT2D eigenvalue weighted by molar-refractivity contribution is 5.16. The van der Waals surface area contributed by atoms with Gasteiger partial charge in [0.15, 0.2) is 0 Å². The van der Waals surface area contributed by atoms with E-state index in [1.807, 2.05) is 12.4 Å². The Kier molecular flexibility index (Phi) is 5.38. The van der Waals surface area contributed by atoms with Gasteiger partial charge in [0.05, 0.1) is 6.67 Å². The Labute approximate surface area is 150 Å². The first-order valence-electron chi connectivity index (χ1n) is 9.70. The van der Waals surface area contributed by atoms with Crippen LogP contribution >= 0.6 is 0 Å². The summed E-state index contributed by atoms with van der Waals surface area (Å²) in [7, 11) is 0. The lowest BCUT2D eigenvalue weighted by Gasteiger charge is -2.43. The van der Waals surface area contributed by atoms with Gasteiger partial charge in [-0.1, -0.05) is 25.0 Å². The molecule has 2 fully saturated rings. The standard InChI is InChI=1S/C21H28N4/c1-3-13-24(20(9-1)18-7-5-11-22-15-18)17-25-14-4-2-10-21(25)19-8-6-12-23-16-19/h5-8,11-12,15-16,20-21H,1-4,9-10,13-14,17H2/t20-,21-/m1/s1. The predicted molar refractivity (Wildman–Crippen MR) is 99.9 cm³/mol. The van der Waals surface area contributed by atoms with E-state index in [1.165, 1.54) is 62.7 Å². The average molecular weight is 336 g/mol. The molecule has 132 valence electrons. The second-order valence-electron chi connectivity index (χ2n) is 7.36. The summed E-state index contributed by atoms with van der Waals surface area (Å²) in [6, 6.07) is 9.65. The normalized spacial score (nSPS) is 25.8. The van der Waals surface area contributed by atoms with Gasteiger partial charge in [-0.3, -0.25) is 19.8 Å². The summed E-state index contributed by atoms with van der Waals surface area (Å²) in [6.45, 7) is 3.44. The number of likely N-dealkylation sites (tertiary alicyclic amines) is 2. The maximum Gasteiger partial charge on any atom is 0.0517 e. The highest BCUT2D eigenvalue weighted by Gasteiger charge is 2.30. The smallest absolute Gasteiger partial charge is 0.0517 e. The van der Waals surface area contributed by atoms with Crippen molar-refractivity contribution < 1.29 is 0 Å². The first-order valence-corrected chi connectivity index (χ1v) is 9.70. The lowest BCUT2D eigenvalue weighted by atomic mass is 9.95. The summed E-state index contributed by atoms with van der Waals surface area (Å²) in [5.74, 6) is 0. The molecule has 0 N–H and O–H groups in total. The molecule has 0 radical (unpaired) electrons. The van der Waals surface area contributed by atoms with Crippen molar-refractivity contribution in [1.29, 1.82) is 0 Å². The van der Waals surface area contributed by atoms with Crippen molar-refractivity contribution in [2.75, 3.05) is 19.8 Å². The predicted octanol–water partition coefficient (Wildman–Crippen LogP) is 4.19. The Morgan fingerprint density at radius 2 is 1.28 bits per heavy atom. The van der Waals surface area contributed by atoms with Crippen LogP contribution in [0.5, 0.6) is 0 Å². The van der Waals surface area contributed by atoms with Gasteiger partial charge in [-0.05, 0) is 62.0 Å². The first-order chi connectivity index (χ1) is 12.4. The van der Waals surface area contributed by atoms with Gasteiger partial charge in [-0.25, -0.2) is 0 Å². The largest absolute Gasteiger partial charge is 0.283 e. The summed E-state index contributed by atoms with van der Waals surface area (Å²) in [5.41, 5.74) is 2.74. The summed E-state index contributed by atoms with van der Waals surface area (Å²) < 4.78 is 0. The Morgan fingerprint density at radius 1 is 0.760 bits per heavy atom. The minimum absolute atomic E-state index is 0.513. The van der Waals surface area contributed by atoms with Crippen molar-refractivity contribution in [3.63, 3.8) is 0 Å². The zero-order valence-electron chi connectivity index (χ0n) is 14.9. The number of piperidine rings is 2. The summed E-state index contributed by atoms with van der Waals surface area (Å²) in [4.78, 5) is 14.1. The van der Waals surface area contributed by atoms with E-state index < -0.39 is 0 Å². The molecular weight excluding hydrogens is 308 g/mol. The lowest BCUT2D eigenvalue weighted by molar-refractivity contribution is 0.0261. The van der Waals surface area contributed by atoms with Crippen molar-refractivity contribution in [1.82, 2.24) is 19.8 Å². The molecule has 0 aromatic carbocycles. The molecule has 0 spiro atoms. The number of rotatable bonds is 4. The topological polar surface area (TPSA) is 32.3 Å². The molecule has 4 nitrogen and oxygen atoms in total. The maximum absolute atomic E-state index is 4.36. The first kappa shape index (κ1) is 16.7. The molecule has 0 bridgehead atoms. The Balaban J connectivity index is 1.52. The van der Waals surface area contributed by atoms with Crippen LogP contribution in [-0.2, 0) is 0 Å². The van der Waals surface area contributed by atoms with E-state index in [9.17, 15) is 0 Å². The van der Waals surface area contributed by atoms with Gasteiger partial charge in [0, 0.05) is 36.9 Å². The maximum atomic E-state index is 4.36. The van der Waals surface area contributed by atoms with Crippen LogP contribution in [0.3, 0.4) is 0 Å². The minimum atomic E-state index is 0.513. The molecule has 25 heavy (non-hydrogen) atoms. The van der Waals surface area contributed by atoms with Crippen molar-refractivity contribution in [3.05, 3.63) is 60.2 Å². The van der Waals surface area contributed by atoms with Gasteiger partial charge in [0.1, 0.15) is 0 Å². The minimum Gasteiger partial charge on any atom is -0.283 e. The molecule has 4 heteroatoms. The van der Waals surface area contributed by atoms with Crippen LogP contribution in [0.1, 0.15) is 61.7 Å².